The maximum atomic E-state index is 12.3. The molecule has 94 valence electrons. The summed E-state index contributed by atoms with van der Waals surface area (Å²) in [4.78, 5) is 14.2. The van der Waals surface area contributed by atoms with Gasteiger partial charge in [0.25, 0.3) is 0 Å². The Bertz CT molecular complexity index is 237. The topological polar surface area (TPSA) is 29.5 Å². The number of carbonyl (C=O) groups excluding carboxylic acids is 1. The molecule has 1 atom stereocenters. The fraction of sp³-hybridized carbons (Fsp3) is 0.909. The molecular weight excluding hydrogens is 290 g/mol. The normalized spacial score (nSPS) is 21.1. The zero-order valence-electron chi connectivity index (χ0n) is 10.2. The van der Waals surface area contributed by atoms with Crippen molar-refractivity contribution in [1.29, 1.82) is 0 Å². The van der Waals surface area contributed by atoms with E-state index in [0.29, 0.717) is 19.2 Å². The average molecular weight is 310 g/mol. The number of alkyl halides is 1. The summed E-state index contributed by atoms with van der Waals surface area (Å²) in [6, 6.07) is 0.379. The lowest BCUT2D eigenvalue weighted by Gasteiger charge is -2.32. The van der Waals surface area contributed by atoms with E-state index in [4.69, 9.17) is 4.74 Å². The summed E-state index contributed by atoms with van der Waals surface area (Å²) in [6.07, 6.45) is 1.10. The van der Waals surface area contributed by atoms with Gasteiger partial charge in [-0.2, -0.15) is 11.8 Å². The van der Waals surface area contributed by atoms with E-state index in [9.17, 15) is 4.79 Å². The van der Waals surface area contributed by atoms with Crippen LogP contribution in [0.25, 0.3) is 0 Å². The lowest BCUT2D eigenvalue weighted by atomic mass is 10.1. The van der Waals surface area contributed by atoms with E-state index in [-0.39, 0.29) is 5.91 Å². The molecule has 0 aromatic carbocycles. The third-order valence-electron chi connectivity index (χ3n) is 2.65. The lowest BCUT2D eigenvalue weighted by Crippen LogP contribution is -2.48. The van der Waals surface area contributed by atoms with Gasteiger partial charge < -0.3 is 9.64 Å². The molecule has 1 amide bonds. The predicted octanol–water partition coefficient (Wildman–Crippen LogP) is 2.14. The highest BCUT2D eigenvalue weighted by Gasteiger charge is 2.34. The summed E-state index contributed by atoms with van der Waals surface area (Å²) in [5.41, 5.74) is 0. The van der Waals surface area contributed by atoms with Gasteiger partial charge in [-0.3, -0.25) is 4.79 Å². The van der Waals surface area contributed by atoms with Crippen LogP contribution in [0.1, 0.15) is 20.3 Å². The highest BCUT2D eigenvalue weighted by Crippen LogP contribution is 2.27. The molecule has 1 unspecified atom stereocenters. The van der Waals surface area contributed by atoms with Crippen molar-refractivity contribution in [3.05, 3.63) is 0 Å². The molecule has 0 N–H and O–H groups in total. The summed E-state index contributed by atoms with van der Waals surface area (Å²) in [6.45, 7) is 5.10. The smallest absolute Gasteiger partial charge is 0.239 e. The van der Waals surface area contributed by atoms with Gasteiger partial charge in [0.15, 0.2) is 0 Å². The molecule has 1 rings (SSSR count). The molecule has 1 heterocycles. The molecule has 16 heavy (non-hydrogen) atoms. The molecule has 1 aliphatic heterocycles. The lowest BCUT2D eigenvalue weighted by molar-refractivity contribution is -0.135. The van der Waals surface area contributed by atoms with Gasteiger partial charge in [0.1, 0.15) is 0 Å². The van der Waals surface area contributed by atoms with Crippen LogP contribution in [-0.4, -0.2) is 52.9 Å². The molecule has 1 aliphatic rings. The number of amides is 1. The average Bonchev–Trinajstić information content (AvgIpc) is 2.70. The third-order valence-corrected chi connectivity index (χ3v) is 4.14. The molecule has 5 heteroatoms. The Kier molecular flexibility index (Phi) is 5.61. The van der Waals surface area contributed by atoms with Crippen LogP contribution in [0.4, 0.5) is 0 Å². The first-order valence-corrected chi connectivity index (χ1v) is 7.48. The van der Waals surface area contributed by atoms with E-state index in [0.717, 1.165) is 17.9 Å². The second kappa shape index (κ2) is 6.26. The van der Waals surface area contributed by atoms with Crippen molar-refractivity contribution in [1.82, 2.24) is 4.90 Å². The molecule has 0 saturated carbocycles. The molecule has 1 fully saturated rings. The fourth-order valence-corrected chi connectivity index (χ4v) is 3.20. The number of thioether (sulfide) groups is 1. The first kappa shape index (κ1) is 14.3. The van der Waals surface area contributed by atoms with E-state index < -0.39 is 4.32 Å². The number of hydrogen-bond acceptors (Lipinski definition) is 3. The molecule has 0 aromatic heterocycles. The van der Waals surface area contributed by atoms with Crippen molar-refractivity contribution in [2.45, 2.75) is 30.6 Å². The number of nitrogens with zero attached hydrogens (tertiary/aromatic N) is 1. The van der Waals surface area contributed by atoms with Crippen LogP contribution < -0.4 is 0 Å². The zero-order valence-corrected chi connectivity index (χ0v) is 12.6. The highest BCUT2D eigenvalue weighted by molar-refractivity contribution is 9.10. The predicted molar refractivity (Wildman–Crippen MR) is 72.3 cm³/mol. The Morgan fingerprint density at radius 2 is 2.31 bits per heavy atom. The van der Waals surface area contributed by atoms with Gasteiger partial charge in [-0.25, -0.2) is 0 Å². The highest BCUT2D eigenvalue weighted by atomic mass is 79.9. The number of methoxy groups -OCH3 is 1. The molecule has 1 saturated heterocycles. The maximum absolute atomic E-state index is 12.3. The van der Waals surface area contributed by atoms with Crippen molar-refractivity contribution in [3.63, 3.8) is 0 Å². The van der Waals surface area contributed by atoms with Gasteiger partial charge in [0, 0.05) is 25.4 Å². The van der Waals surface area contributed by atoms with E-state index in [1.807, 2.05) is 30.5 Å². The van der Waals surface area contributed by atoms with E-state index in [1.54, 1.807) is 7.11 Å². The van der Waals surface area contributed by atoms with E-state index >= 15 is 0 Å². The summed E-state index contributed by atoms with van der Waals surface area (Å²) in [7, 11) is 1.67. The zero-order chi connectivity index (χ0) is 12.2. The number of ether oxygens (including phenoxy) is 1. The molecule has 0 radical (unpaired) electrons. The van der Waals surface area contributed by atoms with Crippen molar-refractivity contribution < 1.29 is 9.53 Å². The Labute approximate surface area is 110 Å². The van der Waals surface area contributed by atoms with E-state index in [2.05, 4.69) is 15.9 Å². The van der Waals surface area contributed by atoms with Crippen LogP contribution >= 0.6 is 27.7 Å². The minimum atomic E-state index is -0.478. The first-order chi connectivity index (χ1) is 7.46. The second-order valence-corrected chi connectivity index (χ2v) is 7.61. The maximum Gasteiger partial charge on any atom is 0.239 e. The largest absolute Gasteiger partial charge is 0.383 e. The van der Waals surface area contributed by atoms with Crippen LogP contribution in [0.2, 0.25) is 0 Å². The fourth-order valence-electron chi connectivity index (χ4n) is 1.75. The van der Waals surface area contributed by atoms with Crippen LogP contribution in [0.15, 0.2) is 0 Å². The molecule has 0 aliphatic carbocycles. The number of rotatable bonds is 5. The van der Waals surface area contributed by atoms with E-state index in [1.165, 1.54) is 0 Å². The Hall–Kier alpha value is 0.260. The van der Waals surface area contributed by atoms with Crippen molar-refractivity contribution in [2.24, 2.45) is 0 Å². The number of hydrogen-bond donors (Lipinski definition) is 0. The molecule has 0 bridgehead atoms. The SMILES string of the molecule is COCCN(C(=O)C(C)(C)Br)C1CCSC1. The summed E-state index contributed by atoms with van der Waals surface area (Å²) in [5, 5.41) is 0. The quantitative estimate of drug-likeness (QED) is 0.729. The van der Waals surface area contributed by atoms with Crippen LogP contribution in [0.5, 0.6) is 0 Å². The summed E-state index contributed by atoms with van der Waals surface area (Å²) >= 11 is 5.37. The first-order valence-electron chi connectivity index (χ1n) is 5.53. The Balaban J connectivity index is 2.65. The molecule has 3 nitrogen and oxygen atoms in total. The molecule has 0 spiro atoms. The number of halogens is 1. The van der Waals surface area contributed by atoms with Gasteiger partial charge in [-0.05, 0) is 26.0 Å². The van der Waals surface area contributed by atoms with Crippen molar-refractivity contribution in [3.8, 4) is 0 Å². The van der Waals surface area contributed by atoms with Gasteiger partial charge in [0.05, 0.1) is 10.9 Å². The second-order valence-electron chi connectivity index (χ2n) is 4.48. The van der Waals surface area contributed by atoms with Gasteiger partial charge >= 0.3 is 0 Å². The Morgan fingerprint density at radius 1 is 1.62 bits per heavy atom. The summed E-state index contributed by atoms with van der Waals surface area (Å²) < 4.78 is 4.60. The third kappa shape index (κ3) is 3.93. The monoisotopic (exact) mass is 309 g/mol. The van der Waals surface area contributed by atoms with Crippen LogP contribution in [0, 0.1) is 0 Å². The molecular formula is C11H20BrNO2S. The standard InChI is InChI=1S/C11H20BrNO2S/c1-11(2,12)10(14)13(5-6-15-3)9-4-7-16-8-9/h9H,4-8H2,1-3H3. The van der Waals surface area contributed by atoms with Gasteiger partial charge in [-0.1, -0.05) is 15.9 Å². The van der Waals surface area contributed by atoms with Crippen LogP contribution in [0.3, 0.4) is 0 Å². The van der Waals surface area contributed by atoms with Gasteiger partial charge in [0.2, 0.25) is 5.91 Å². The van der Waals surface area contributed by atoms with Crippen molar-refractivity contribution >= 4 is 33.6 Å². The minimum Gasteiger partial charge on any atom is -0.383 e. The summed E-state index contributed by atoms with van der Waals surface area (Å²) in [5.74, 6) is 2.37. The Morgan fingerprint density at radius 3 is 2.75 bits per heavy atom. The van der Waals surface area contributed by atoms with Crippen molar-refractivity contribution in [2.75, 3.05) is 31.8 Å². The van der Waals surface area contributed by atoms with Gasteiger partial charge in [-0.15, -0.1) is 0 Å². The number of carbonyl (C=O) groups is 1. The molecule has 0 aromatic rings. The van der Waals surface area contributed by atoms with Crippen LogP contribution in [-0.2, 0) is 9.53 Å². The minimum absolute atomic E-state index is 0.164.